The van der Waals surface area contributed by atoms with Crippen LogP contribution in [0.4, 0.5) is 4.79 Å². The van der Waals surface area contributed by atoms with E-state index in [4.69, 9.17) is 45.8 Å². The highest BCUT2D eigenvalue weighted by molar-refractivity contribution is 7.89. The number of nitrogens with one attached hydrogen (secondary N) is 2. The molecular weight excluding hydrogens is 611 g/mol. The Morgan fingerprint density at radius 2 is 1.74 bits per heavy atom. The molecule has 3 aromatic carbocycles. The first-order chi connectivity index (χ1) is 20.4. The maximum absolute atomic E-state index is 13.8. The fraction of sp³-hybridized carbons (Fsp3) is 0.276. The van der Waals surface area contributed by atoms with Crippen LogP contribution >= 0.6 is 23.2 Å². The molecule has 0 atom stereocenters. The van der Waals surface area contributed by atoms with E-state index >= 15 is 0 Å². The maximum atomic E-state index is 13.8. The summed E-state index contributed by atoms with van der Waals surface area (Å²) in [6.07, 6.45) is 2.26. The van der Waals surface area contributed by atoms with Gasteiger partial charge in [0.2, 0.25) is 0 Å². The van der Waals surface area contributed by atoms with Crippen molar-refractivity contribution in [3.05, 3.63) is 87.9 Å². The van der Waals surface area contributed by atoms with Crippen LogP contribution in [-0.4, -0.2) is 55.8 Å². The third-order valence-corrected chi connectivity index (χ3v) is 9.03. The first-order valence-corrected chi connectivity index (χ1v) is 15.8. The molecule has 0 spiro atoms. The number of rotatable bonds is 10. The van der Waals surface area contributed by atoms with Crippen molar-refractivity contribution in [3.8, 4) is 11.1 Å². The summed E-state index contributed by atoms with van der Waals surface area (Å²) in [5.41, 5.74) is 18.7. The number of halogens is 2. The van der Waals surface area contributed by atoms with E-state index in [0.29, 0.717) is 57.9 Å². The molecule has 11 nitrogen and oxygen atoms in total. The lowest BCUT2D eigenvalue weighted by Gasteiger charge is -2.35. The zero-order valence-electron chi connectivity index (χ0n) is 23.3. The van der Waals surface area contributed by atoms with Gasteiger partial charge in [0.1, 0.15) is 5.84 Å². The average molecular weight is 646 g/mol. The van der Waals surface area contributed by atoms with Crippen molar-refractivity contribution in [1.82, 2.24) is 14.7 Å². The number of aliphatic imine (C=N–C) groups is 1. The lowest BCUT2D eigenvalue weighted by atomic mass is 9.94. The van der Waals surface area contributed by atoms with Gasteiger partial charge in [-0.25, -0.2) is 18.2 Å². The van der Waals surface area contributed by atoms with Crippen LogP contribution < -0.4 is 22.0 Å². The molecule has 1 aliphatic heterocycles. The number of sulfonamides is 1. The van der Waals surface area contributed by atoms with Crippen LogP contribution in [0.25, 0.3) is 11.1 Å². The van der Waals surface area contributed by atoms with Crippen molar-refractivity contribution in [2.45, 2.75) is 30.7 Å². The largest absolute Gasteiger partial charge is 0.384 e. The number of piperidine rings is 1. The summed E-state index contributed by atoms with van der Waals surface area (Å²) in [6.45, 7) is 1.31. The van der Waals surface area contributed by atoms with Crippen molar-refractivity contribution in [1.29, 1.82) is 5.41 Å². The highest BCUT2D eigenvalue weighted by Crippen LogP contribution is 2.31. The Labute approximate surface area is 261 Å². The Morgan fingerprint density at radius 3 is 2.42 bits per heavy atom. The van der Waals surface area contributed by atoms with Crippen molar-refractivity contribution in [2.75, 3.05) is 19.6 Å². The number of nitrogens with two attached hydrogens (primary N) is 3. The quantitative estimate of drug-likeness (QED) is 0.125. The Morgan fingerprint density at radius 1 is 1.02 bits per heavy atom. The highest BCUT2D eigenvalue weighted by Gasteiger charge is 2.30. The summed E-state index contributed by atoms with van der Waals surface area (Å²) in [4.78, 5) is 21.9. The van der Waals surface area contributed by atoms with Crippen molar-refractivity contribution >= 4 is 51.1 Å². The fourth-order valence-electron chi connectivity index (χ4n) is 4.87. The van der Waals surface area contributed by atoms with Gasteiger partial charge in [-0.3, -0.25) is 10.4 Å². The molecule has 1 fully saturated rings. The molecule has 1 saturated heterocycles. The minimum Gasteiger partial charge on any atom is -0.384 e. The molecule has 228 valence electrons. The molecule has 0 aliphatic carbocycles. The van der Waals surface area contributed by atoms with Gasteiger partial charge >= 0.3 is 6.03 Å². The fourth-order valence-corrected chi connectivity index (χ4v) is 6.47. The van der Waals surface area contributed by atoms with Crippen LogP contribution in [0.5, 0.6) is 0 Å². The number of amidine groups is 1. The van der Waals surface area contributed by atoms with Gasteiger partial charge in [-0.05, 0) is 66.6 Å². The molecule has 0 aromatic heterocycles. The normalized spacial score (nSPS) is 13.9. The molecule has 43 heavy (non-hydrogen) atoms. The topological polar surface area (TPSA) is 184 Å². The van der Waals surface area contributed by atoms with Gasteiger partial charge in [0.15, 0.2) is 5.96 Å². The molecule has 0 saturated carbocycles. The van der Waals surface area contributed by atoms with Crippen LogP contribution in [0, 0.1) is 11.3 Å². The van der Waals surface area contributed by atoms with Crippen molar-refractivity contribution in [3.63, 3.8) is 0 Å². The molecule has 4 rings (SSSR count). The molecule has 2 amide bonds. The van der Waals surface area contributed by atoms with Crippen molar-refractivity contribution < 1.29 is 13.2 Å². The number of hydrogen-bond donors (Lipinski definition) is 5. The predicted octanol–water partition coefficient (Wildman–Crippen LogP) is 4.14. The van der Waals surface area contributed by atoms with Crippen LogP contribution in [0.3, 0.4) is 0 Å². The van der Waals surface area contributed by atoms with Gasteiger partial charge in [-0.15, -0.1) is 4.83 Å². The zero-order chi connectivity index (χ0) is 31.1. The SMILES string of the molecule is N=C(N)c1cccc(CN(NS(=O)(=O)c2cccc(-c3ccc(Cl)cc3Cl)c2)C(=O)N2CCC(CCN=C(N)N)CC2)c1. The summed E-state index contributed by atoms with van der Waals surface area (Å²) in [6, 6.07) is 17.5. The third-order valence-electron chi connectivity index (χ3n) is 7.14. The van der Waals surface area contributed by atoms with E-state index < -0.39 is 16.1 Å². The second kappa shape index (κ2) is 14.1. The van der Waals surface area contributed by atoms with Gasteiger partial charge in [-0.2, -0.15) is 0 Å². The molecule has 14 heteroatoms. The monoisotopic (exact) mass is 644 g/mol. The van der Waals surface area contributed by atoms with Crippen LogP contribution in [0.2, 0.25) is 10.0 Å². The Bertz CT molecular complexity index is 1620. The smallest absolute Gasteiger partial charge is 0.335 e. The lowest BCUT2D eigenvalue weighted by molar-refractivity contribution is 0.121. The summed E-state index contributed by atoms with van der Waals surface area (Å²) >= 11 is 12.4. The molecule has 1 aliphatic rings. The first kappa shape index (κ1) is 32.1. The van der Waals surface area contributed by atoms with E-state index in [1.807, 2.05) is 0 Å². The summed E-state index contributed by atoms with van der Waals surface area (Å²) in [5.74, 6) is 0.249. The minimum absolute atomic E-state index is 0.0474. The Hall–Kier alpha value is -3.84. The Kier molecular flexibility index (Phi) is 10.5. The number of hydrazine groups is 1. The maximum Gasteiger partial charge on any atom is 0.335 e. The molecule has 8 N–H and O–H groups in total. The number of nitrogens with zero attached hydrogens (tertiary/aromatic N) is 3. The number of amides is 2. The number of hydrogen-bond acceptors (Lipinski definition) is 5. The number of urea groups is 1. The number of nitrogen functional groups attached to an aromatic ring is 1. The number of likely N-dealkylation sites (tertiary alicyclic amines) is 1. The average Bonchev–Trinajstić information content (AvgIpc) is 2.97. The number of guanidine groups is 1. The molecule has 0 radical (unpaired) electrons. The minimum atomic E-state index is -4.22. The van der Waals surface area contributed by atoms with E-state index in [-0.39, 0.29) is 23.2 Å². The predicted molar refractivity (Wildman–Crippen MR) is 170 cm³/mol. The molecule has 0 unspecified atom stereocenters. The van der Waals surface area contributed by atoms with E-state index in [1.165, 1.54) is 12.1 Å². The van der Waals surface area contributed by atoms with Gasteiger partial charge < -0.3 is 22.1 Å². The van der Waals surface area contributed by atoms with E-state index in [2.05, 4.69) is 9.82 Å². The van der Waals surface area contributed by atoms with Crippen LogP contribution in [0.15, 0.2) is 76.6 Å². The first-order valence-electron chi connectivity index (χ1n) is 13.6. The van der Waals surface area contributed by atoms with Gasteiger partial charge in [0.05, 0.1) is 11.4 Å². The molecule has 1 heterocycles. The number of carbonyl (C=O) groups is 1. The van der Waals surface area contributed by atoms with Gasteiger partial charge in [0, 0.05) is 40.8 Å². The third kappa shape index (κ3) is 8.60. The van der Waals surface area contributed by atoms with Gasteiger partial charge in [0.25, 0.3) is 10.0 Å². The summed E-state index contributed by atoms with van der Waals surface area (Å²) < 4.78 is 27.4. The number of benzene rings is 3. The van der Waals surface area contributed by atoms with Crippen LogP contribution in [0.1, 0.15) is 30.4 Å². The van der Waals surface area contributed by atoms with Gasteiger partial charge in [-0.1, -0.05) is 59.6 Å². The van der Waals surface area contributed by atoms with Crippen LogP contribution in [-0.2, 0) is 16.6 Å². The second-order valence-corrected chi connectivity index (χ2v) is 12.8. The summed E-state index contributed by atoms with van der Waals surface area (Å²) in [7, 11) is -4.22. The van der Waals surface area contributed by atoms with E-state index in [1.54, 1.807) is 59.5 Å². The number of carbonyl (C=O) groups excluding carboxylic acids is 1. The molecular formula is C29H34Cl2N8O3S. The lowest BCUT2D eigenvalue weighted by Crippen LogP contribution is -2.53. The standard InChI is InChI=1S/C29H34Cl2N8O3S/c30-23-7-8-25(26(31)17-23)21-4-2-6-24(16-21)43(41,42)37-39(18-20-3-1-5-22(15-20)27(32)33)29(40)38-13-10-19(11-14-38)9-12-36-28(34)35/h1-8,15-17,19,37H,9-14,18H2,(H3,32,33)(H4,34,35,36). The van der Waals surface area contributed by atoms with Crippen molar-refractivity contribution in [2.24, 2.45) is 28.1 Å². The van der Waals surface area contributed by atoms with E-state index in [9.17, 15) is 13.2 Å². The molecule has 3 aromatic rings. The highest BCUT2D eigenvalue weighted by atomic mass is 35.5. The summed E-state index contributed by atoms with van der Waals surface area (Å²) in [5, 5.41) is 9.67. The molecule has 0 bridgehead atoms. The zero-order valence-corrected chi connectivity index (χ0v) is 25.7. The van der Waals surface area contributed by atoms with E-state index in [0.717, 1.165) is 24.3 Å². The Balaban J connectivity index is 1.58. The second-order valence-electron chi connectivity index (χ2n) is 10.3.